The van der Waals surface area contributed by atoms with E-state index < -0.39 is 0 Å². The van der Waals surface area contributed by atoms with Crippen molar-refractivity contribution in [1.82, 2.24) is 4.90 Å². The smallest absolute Gasteiger partial charge is 0.226 e. The van der Waals surface area contributed by atoms with Crippen LogP contribution in [0.1, 0.15) is 69.4 Å². The summed E-state index contributed by atoms with van der Waals surface area (Å²) in [7, 11) is 0. The number of fused-ring (bicyclic) bond motifs is 2. The molecule has 26 heavy (non-hydrogen) atoms. The number of likely N-dealkylation sites (tertiary alicyclic amines) is 1. The van der Waals surface area contributed by atoms with Crippen LogP contribution in [0.25, 0.3) is 0 Å². The maximum absolute atomic E-state index is 13.5. The van der Waals surface area contributed by atoms with E-state index >= 15 is 0 Å². The predicted molar refractivity (Wildman–Crippen MR) is 108 cm³/mol. The number of benzene rings is 1. The van der Waals surface area contributed by atoms with Crippen molar-refractivity contribution in [3.63, 3.8) is 0 Å². The van der Waals surface area contributed by atoms with Gasteiger partial charge in [-0.3, -0.25) is 4.79 Å². The third kappa shape index (κ3) is 3.94. The van der Waals surface area contributed by atoms with Gasteiger partial charge < -0.3 is 10.6 Å². The van der Waals surface area contributed by atoms with Crippen molar-refractivity contribution < 1.29 is 4.79 Å². The fourth-order valence-corrected chi connectivity index (χ4v) is 5.62. The van der Waals surface area contributed by atoms with Gasteiger partial charge in [0.05, 0.1) is 6.04 Å². The second kappa shape index (κ2) is 8.75. The molecular weight excluding hydrogens is 344 g/mol. The molecule has 3 atom stereocenters. The molecule has 2 aliphatic carbocycles. The van der Waals surface area contributed by atoms with Gasteiger partial charge in [0.15, 0.2) is 0 Å². The SMILES string of the molecule is Cl.NC1C2CCCC1CC(C(=O)N1CCCCCC1c1ccccc1)C2. The topological polar surface area (TPSA) is 46.3 Å². The first-order valence-electron chi connectivity index (χ1n) is 10.3. The van der Waals surface area contributed by atoms with Crippen LogP contribution in [-0.2, 0) is 4.79 Å². The monoisotopic (exact) mass is 376 g/mol. The summed E-state index contributed by atoms with van der Waals surface area (Å²) in [5.74, 6) is 1.77. The standard InChI is InChI=1S/C22H32N2O.ClH/c23-21-17-10-7-11-18(21)15-19(14-17)22(25)24-13-6-2-5-12-20(24)16-8-3-1-4-9-16;/h1,3-4,8-9,17-21H,2,5-7,10-15,23H2;1H. The van der Waals surface area contributed by atoms with Crippen LogP contribution in [0.2, 0.25) is 0 Å². The van der Waals surface area contributed by atoms with Gasteiger partial charge in [-0.25, -0.2) is 0 Å². The summed E-state index contributed by atoms with van der Waals surface area (Å²) in [5.41, 5.74) is 7.75. The minimum atomic E-state index is 0. The van der Waals surface area contributed by atoms with E-state index in [2.05, 4.69) is 35.2 Å². The Kier molecular flexibility index (Phi) is 6.63. The second-order valence-corrected chi connectivity index (χ2v) is 8.50. The van der Waals surface area contributed by atoms with Crippen molar-refractivity contribution >= 4 is 18.3 Å². The molecule has 3 unspecified atom stereocenters. The number of hydrogen-bond donors (Lipinski definition) is 1. The summed E-state index contributed by atoms with van der Waals surface area (Å²) in [4.78, 5) is 15.7. The lowest BCUT2D eigenvalue weighted by Gasteiger charge is -2.45. The average molecular weight is 377 g/mol. The largest absolute Gasteiger partial charge is 0.335 e. The van der Waals surface area contributed by atoms with Crippen LogP contribution in [0.15, 0.2) is 30.3 Å². The summed E-state index contributed by atoms with van der Waals surface area (Å²) < 4.78 is 0. The van der Waals surface area contributed by atoms with Crippen molar-refractivity contribution in [3.05, 3.63) is 35.9 Å². The van der Waals surface area contributed by atoms with Gasteiger partial charge in [0, 0.05) is 18.5 Å². The number of carbonyl (C=O) groups is 1. The highest BCUT2D eigenvalue weighted by Crippen LogP contribution is 2.43. The van der Waals surface area contributed by atoms with Crippen LogP contribution < -0.4 is 5.73 Å². The number of rotatable bonds is 2. The number of halogens is 1. The van der Waals surface area contributed by atoms with Gasteiger partial charge in [-0.05, 0) is 55.9 Å². The van der Waals surface area contributed by atoms with Gasteiger partial charge in [-0.2, -0.15) is 0 Å². The minimum Gasteiger partial charge on any atom is -0.335 e. The Morgan fingerprint density at radius 1 is 0.923 bits per heavy atom. The summed E-state index contributed by atoms with van der Waals surface area (Å²) >= 11 is 0. The van der Waals surface area contributed by atoms with Crippen molar-refractivity contribution in [3.8, 4) is 0 Å². The van der Waals surface area contributed by atoms with Crippen LogP contribution in [0.5, 0.6) is 0 Å². The Balaban J connectivity index is 0.00000196. The van der Waals surface area contributed by atoms with E-state index in [1.807, 2.05) is 0 Å². The molecule has 3 nitrogen and oxygen atoms in total. The average Bonchev–Trinajstić information content (AvgIpc) is 2.87. The maximum atomic E-state index is 13.5. The highest BCUT2D eigenvalue weighted by molar-refractivity contribution is 5.85. The number of carbonyl (C=O) groups excluding carboxylic acids is 1. The molecule has 1 saturated heterocycles. The first-order chi connectivity index (χ1) is 12.2. The molecule has 0 aromatic heterocycles. The predicted octanol–water partition coefficient (Wildman–Crippen LogP) is 4.71. The number of nitrogens with zero attached hydrogens (tertiary/aromatic N) is 1. The fraction of sp³-hybridized carbons (Fsp3) is 0.682. The molecule has 1 amide bonds. The van der Waals surface area contributed by atoms with Gasteiger partial charge in [-0.15, -0.1) is 12.4 Å². The van der Waals surface area contributed by atoms with E-state index in [4.69, 9.17) is 5.73 Å². The number of hydrogen-bond acceptors (Lipinski definition) is 2. The molecule has 144 valence electrons. The Hall–Kier alpha value is -1.06. The Morgan fingerprint density at radius 2 is 1.62 bits per heavy atom. The zero-order chi connectivity index (χ0) is 17.2. The van der Waals surface area contributed by atoms with Gasteiger partial charge >= 0.3 is 0 Å². The van der Waals surface area contributed by atoms with Crippen molar-refractivity contribution in [2.24, 2.45) is 23.5 Å². The van der Waals surface area contributed by atoms with E-state index in [1.54, 1.807) is 0 Å². The van der Waals surface area contributed by atoms with Crippen molar-refractivity contribution in [2.75, 3.05) is 6.54 Å². The van der Waals surface area contributed by atoms with E-state index in [0.29, 0.717) is 23.8 Å². The maximum Gasteiger partial charge on any atom is 0.226 e. The minimum absolute atomic E-state index is 0. The molecule has 1 aromatic carbocycles. The molecule has 2 bridgehead atoms. The molecule has 4 rings (SSSR count). The lowest BCUT2D eigenvalue weighted by molar-refractivity contribution is -0.141. The normalized spacial score (nSPS) is 34.5. The first kappa shape index (κ1) is 19.7. The lowest BCUT2D eigenvalue weighted by Crippen LogP contribution is -2.50. The Labute approximate surface area is 164 Å². The van der Waals surface area contributed by atoms with E-state index in [-0.39, 0.29) is 24.4 Å². The molecular formula is C22H33ClN2O. The molecule has 0 spiro atoms. The molecule has 1 heterocycles. The third-order valence-corrected chi connectivity index (χ3v) is 6.98. The Morgan fingerprint density at radius 3 is 2.31 bits per heavy atom. The molecule has 0 radical (unpaired) electrons. The van der Waals surface area contributed by atoms with Crippen LogP contribution in [0, 0.1) is 17.8 Å². The molecule has 4 heteroatoms. The molecule has 1 aliphatic heterocycles. The van der Waals surface area contributed by atoms with Crippen molar-refractivity contribution in [2.45, 2.75) is 69.9 Å². The number of amides is 1. The van der Waals surface area contributed by atoms with Crippen LogP contribution in [0.3, 0.4) is 0 Å². The van der Waals surface area contributed by atoms with E-state index in [1.165, 1.54) is 37.7 Å². The molecule has 2 saturated carbocycles. The summed E-state index contributed by atoms with van der Waals surface area (Å²) in [5, 5.41) is 0. The van der Waals surface area contributed by atoms with E-state index in [9.17, 15) is 4.79 Å². The van der Waals surface area contributed by atoms with Gasteiger partial charge in [0.2, 0.25) is 5.91 Å². The van der Waals surface area contributed by atoms with Crippen molar-refractivity contribution in [1.29, 1.82) is 0 Å². The van der Waals surface area contributed by atoms with Crippen LogP contribution >= 0.6 is 12.4 Å². The van der Waals surface area contributed by atoms with Gasteiger partial charge in [0.1, 0.15) is 0 Å². The molecule has 1 aromatic rings. The quantitative estimate of drug-likeness (QED) is 0.812. The molecule has 2 N–H and O–H groups in total. The highest BCUT2D eigenvalue weighted by Gasteiger charge is 2.42. The lowest BCUT2D eigenvalue weighted by atomic mass is 9.65. The van der Waals surface area contributed by atoms with Crippen LogP contribution in [0.4, 0.5) is 0 Å². The van der Waals surface area contributed by atoms with E-state index in [0.717, 1.165) is 32.2 Å². The number of nitrogens with two attached hydrogens (primary N) is 1. The highest BCUT2D eigenvalue weighted by atomic mass is 35.5. The summed E-state index contributed by atoms with van der Waals surface area (Å²) in [6.45, 7) is 0.927. The van der Waals surface area contributed by atoms with Crippen LogP contribution in [-0.4, -0.2) is 23.4 Å². The second-order valence-electron chi connectivity index (χ2n) is 8.50. The van der Waals surface area contributed by atoms with Gasteiger partial charge in [0.25, 0.3) is 0 Å². The molecule has 3 aliphatic rings. The zero-order valence-electron chi connectivity index (χ0n) is 15.7. The summed E-state index contributed by atoms with van der Waals surface area (Å²) in [6.07, 6.45) is 10.5. The van der Waals surface area contributed by atoms with Gasteiger partial charge in [-0.1, -0.05) is 49.6 Å². The summed E-state index contributed by atoms with van der Waals surface area (Å²) in [6, 6.07) is 11.3. The molecule has 3 fully saturated rings. The Bertz CT molecular complexity index is 579. The first-order valence-corrected chi connectivity index (χ1v) is 10.3. The zero-order valence-corrected chi connectivity index (χ0v) is 16.5. The fourth-order valence-electron chi connectivity index (χ4n) is 5.62. The third-order valence-electron chi connectivity index (χ3n) is 6.98.